The Morgan fingerprint density at radius 3 is 2.36 bits per heavy atom. The zero-order valence-electron chi connectivity index (χ0n) is 18.8. The van der Waals surface area contributed by atoms with Crippen molar-refractivity contribution in [2.24, 2.45) is 11.8 Å². The van der Waals surface area contributed by atoms with Gasteiger partial charge in [0.2, 0.25) is 11.8 Å². The van der Waals surface area contributed by atoms with E-state index in [1.807, 2.05) is 19.1 Å². The molecule has 2 aromatic rings. The summed E-state index contributed by atoms with van der Waals surface area (Å²) in [5, 5.41) is 3.50. The van der Waals surface area contributed by atoms with Gasteiger partial charge in [0.25, 0.3) is 5.91 Å². The molecule has 0 spiro atoms. The third-order valence-electron chi connectivity index (χ3n) is 6.50. The zero-order valence-corrected chi connectivity index (χ0v) is 19.6. The first kappa shape index (κ1) is 23.2. The van der Waals surface area contributed by atoms with Gasteiger partial charge in [0.15, 0.2) is 0 Å². The van der Waals surface area contributed by atoms with Crippen LogP contribution >= 0.6 is 11.6 Å². The highest BCUT2D eigenvalue weighted by Gasteiger charge is 2.35. The number of hydrogen-bond acceptors (Lipinski definition) is 4. The molecule has 8 heteroatoms. The minimum absolute atomic E-state index is 0.0372. The number of carbonyl (C=O) groups excluding carboxylic acids is 3. The summed E-state index contributed by atoms with van der Waals surface area (Å²) < 4.78 is 0. The molecule has 4 rings (SSSR count). The lowest BCUT2D eigenvalue weighted by Crippen LogP contribution is -2.50. The van der Waals surface area contributed by atoms with Gasteiger partial charge in [-0.25, -0.2) is 4.98 Å². The molecule has 0 bridgehead atoms. The van der Waals surface area contributed by atoms with Crippen molar-refractivity contribution in [3.63, 3.8) is 0 Å². The number of benzene rings is 1. The van der Waals surface area contributed by atoms with Gasteiger partial charge in [-0.2, -0.15) is 0 Å². The van der Waals surface area contributed by atoms with Crippen molar-refractivity contribution in [3.05, 3.63) is 58.7 Å². The maximum Gasteiger partial charge on any atom is 0.253 e. The van der Waals surface area contributed by atoms with Crippen molar-refractivity contribution in [2.45, 2.75) is 32.6 Å². The summed E-state index contributed by atoms with van der Waals surface area (Å²) in [6.45, 7) is 3.99. The molecule has 33 heavy (non-hydrogen) atoms. The molecule has 1 N–H and O–H groups in total. The van der Waals surface area contributed by atoms with E-state index >= 15 is 0 Å². The van der Waals surface area contributed by atoms with E-state index < -0.39 is 0 Å². The number of pyridine rings is 1. The second-order valence-corrected chi connectivity index (χ2v) is 9.32. The van der Waals surface area contributed by atoms with Crippen LogP contribution < -0.4 is 5.32 Å². The van der Waals surface area contributed by atoms with Gasteiger partial charge in [0.05, 0.1) is 11.8 Å². The average molecular weight is 469 g/mol. The summed E-state index contributed by atoms with van der Waals surface area (Å²) in [4.78, 5) is 46.8. The van der Waals surface area contributed by atoms with Gasteiger partial charge in [-0.15, -0.1) is 0 Å². The molecule has 1 aromatic carbocycles. The van der Waals surface area contributed by atoms with Gasteiger partial charge in [0.1, 0.15) is 5.82 Å². The third kappa shape index (κ3) is 5.53. The van der Waals surface area contributed by atoms with Crippen LogP contribution in [0.4, 0.5) is 5.82 Å². The number of halogens is 1. The first-order valence-electron chi connectivity index (χ1n) is 11.5. The number of piperidine rings is 2. The molecule has 2 fully saturated rings. The van der Waals surface area contributed by atoms with Crippen LogP contribution in [0.5, 0.6) is 0 Å². The number of aryl methyl sites for hydroxylation is 1. The molecule has 3 amide bonds. The van der Waals surface area contributed by atoms with Gasteiger partial charge in [0, 0.05) is 43.0 Å². The van der Waals surface area contributed by atoms with Crippen molar-refractivity contribution in [1.29, 1.82) is 0 Å². The first-order chi connectivity index (χ1) is 15.9. The van der Waals surface area contributed by atoms with Crippen LogP contribution in [0.15, 0.2) is 42.6 Å². The maximum absolute atomic E-state index is 13.3. The van der Waals surface area contributed by atoms with Crippen molar-refractivity contribution in [1.82, 2.24) is 14.8 Å². The number of rotatable bonds is 4. The molecule has 7 nitrogen and oxygen atoms in total. The number of likely N-dealkylation sites (tertiary alicyclic amines) is 2. The first-order valence-corrected chi connectivity index (χ1v) is 11.9. The Kier molecular flexibility index (Phi) is 7.28. The predicted octanol–water partition coefficient (Wildman–Crippen LogP) is 3.77. The number of nitrogens with zero attached hydrogens (tertiary/aromatic N) is 3. The van der Waals surface area contributed by atoms with E-state index in [1.54, 1.807) is 40.3 Å². The molecule has 2 atom stereocenters. The number of aromatic nitrogens is 1. The van der Waals surface area contributed by atoms with Crippen LogP contribution in [0, 0.1) is 18.8 Å². The lowest BCUT2D eigenvalue weighted by atomic mass is 9.92. The van der Waals surface area contributed by atoms with Gasteiger partial charge in [-0.3, -0.25) is 14.4 Å². The minimum Gasteiger partial charge on any atom is -0.342 e. The topological polar surface area (TPSA) is 82.6 Å². The Morgan fingerprint density at radius 2 is 1.64 bits per heavy atom. The summed E-state index contributed by atoms with van der Waals surface area (Å²) in [5.41, 5.74) is 1.48. The monoisotopic (exact) mass is 468 g/mol. The number of hydrogen-bond donors (Lipinski definition) is 1. The highest BCUT2D eigenvalue weighted by Crippen LogP contribution is 2.25. The van der Waals surface area contributed by atoms with Gasteiger partial charge >= 0.3 is 0 Å². The van der Waals surface area contributed by atoms with E-state index in [2.05, 4.69) is 10.3 Å². The largest absolute Gasteiger partial charge is 0.342 e. The predicted molar refractivity (Wildman–Crippen MR) is 127 cm³/mol. The fraction of sp³-hybridized carbons (Fsp3) is 0.440. The van der Waals surface area contributed by atoms with E-state index in [4.69, 9.17) is 11.6 Å². The molecule has 0 aliphatic carbocycles. The molecular formula is C25H29ClN4O3. The van der Waals surface area contributed by atoms with Crippen LogP contribution in [0.1, 0.15) is 41.6 Å². The molecule has 0 radical (unpaired) electrons. The molecule has 2 unspecified atom stereocenters. The van der Waals surface area contributed by atoms with E-state index in [-0.39, 0.29) is 29.6 Å². The van der Waals surface area contributed by atoms with Gasteiger partial charge in [-0.1, -0.05) is 17.7 Å². The quantitative estimate of drug-likeness (QED) is 0.740. The average Bonchev–Trinajstić information content (AvgIpc) is 2.85. The summed E-state index contributed by atoms with van der Waals surface area (Å²) in [5.74, 6) is -0.0812. The summed E-state index contributed by atoms with van der Waals surface area (Å²) >= 11 is 5.93. The van der Waals surface area contributed by atoms with Crippen molar-refractivity contribution in [2.75, 3.05) is 31.5 Å². The van der Waals surface area contributed by atoms with Gasteiger partial charge in [-0.05, 0) is 68.5 Å². The molecule has 1 aromatic heterocycles. The fourth-order valence-electron chi connectivity index (χ4n) is 4.62. The Morgan fingerprint density at radius 1 is 0.970 bits per heavy atom. The summed E-state index contributed by atoms with van der Waals surface area (Å²) in [7, 11) is 0. The smallest absolute Gasteiger partial charge is 0.253 e. The van der Waals surface area contributed by atoms with Crippen LogP contribution in [0.2, 0.25) is 5.02 Å². The Labute approximate surface area is 199 Å². The second-order valence-electron chi connectivity index (χ2n) is 8.88. The van der Waals surface area contributed by atoms with Crippen LogP contribution in [0.25, 0.3) is 0 Å². The Hall–Kier alpha value is -2.93. The van der Waals surface area contributed by atoms with E-state index in [9.17, 15) is 14.4 Å². The summed E-state index contributed by atoms with van der Waals surface area (Å²) in [6, 6.07) is 10.6. The zero-order chi connectivity index (χ0) is 23.4. The molecule has 2 saturated heterocycles. The normalized spacial score (nSPS) is 20.9. The van der Waals surface area contributed by atoms with E-state index in [0.29, 0.717) is 42.6 Å². The van der Waals surface area contributed by atoms with Crippen molar-refractivity contribution >= 4 is 35.1 Å². The Bertz CT molecular complexity index is 1030. The molecule has 2 aliphatic heterocycles. The minimum atomic E-state index is -0.264. The van der Waals surface area contributed by atoms with E-state index in [0.717, 1.165) is 31.2 Å². The highest BCUT2D eigenvalue weighted by molar-refractivity contribution is 6.30. The lowest BCUT2D eigenvalue weighted by molar-refractivity contribution is -0.139. The number of nitrogens with one attached hydrogen (secondary N) is 1. The molecular weight excluding hydrogens is 440 g/mol. The molecule has 3 heterocycles. The van der Waals surface area contributed by atoms with Crippen molar-refractivity contribution in [3.8, 4) is 0 Å². The SMILES string of the molecule is Cc1cccnc1NC(=O)C1CCCN(C(=O)C2CCCN(C(=O)c3ccc(Cl)cc3)C2)C1. The number of carbonyl (C=O) groups is 3. The highest BCUT2D eigenvalue weighted by atomic mass is 35.5. The molecule has 174 valence electrons. The third-order valence-corrected chi connectivity index (χ3v) is 6.76. The summed E-state index contributed by atoms with van der Waals surface area (Å²) in [6.07, 6.45) is 4.72. The Balaban J connectivity index is 1.36. The number of amides is 3. The van der Waals surface area contributed by atoms with Crippen molar-refractivity contribution < 1.29 is 14.4 Å². The standard InChI is InChI=1S/C25H29ClN4O3/c1-17-5-2-12-27-22(17)28-23(31)19-6-3-13-29(15-19)25(33)20-7-4-14-30(16-20)24(32)18-8-10-21(26)11-9-18/h2,5,8-12,19-20H,3-4,6-7,13-16H2,1H3,(H,27,28,31). The fourth-order valence-corrected chi connectivity index (χ4v) is 4.75. The number of anilines is 1. The maximum atomic E-state index is 13.3. The molecule has 2 aliphatic rings. The lowest BCUT2D eigenvalue weighted by Gasteiger charge is -2.38. The van der Waals surface area contributed by atoms with E-state index in [1.165, 1.54) is 0 Å². The van der Waals surface area contributed by atoms with Gasteiger partial charge < -0.3 is 15.1 Å². The second kappa shape index (κ2) is 10.3. The molecule has 0 saturated carbocycles. The van der Waals surface area contributed by atoms with Crippen LogP contribution in [0.3, 0.4) is 0 Å². The van der Waals surface area contributed by atoms with Crippen LogP contribution in [-0.4, -0.2) is 58.7 Å². The van der Waals surface area contributed by atoms with Crippen LogP contribution in [-0.2, 0) is 9.59 Å².